The second-order valence-corrected chi connectivity index (χ2v) is 18.3. The van der Waals surface area contributed by atoms with Crippen molar-refractivity contribution >= 4 is 25.7 Å². The van der Waals surface area contributed by atoms with Gasteiger partial charge in [0.1, 0.15) is 12.7 Å². The fourth-order valence-electron chi connectivity index (χ4n) is 6.30. The SMILES string of the molecule is CC/C=C\C/C=C\C/C=C\C/C=C\C/C=C\CCCC(=O)OC(COC(=O)CCCCCCC/C=C\C/C=C\C/C=C\CC)COP(=O)(O)OCC(CO)OC(=O)CC/C=C\C/C=C\C/C=C\C/C=C\CC. The van der Waals surface area contributed by atoms with E-state index in [4.69, 9.17) is 23.3 Å². The van der Waals surface area contributed by atoms with Gasteiger partial charge in [0.05, 0.1) is 19.8 Å². The Kier molecular flexibility index (Phi) is 49.3. The van der Waals surface area contributed by atoms with Gasteiger partial charge in [-0.3, -0.25) is 23.4 Å². The molecule has 72 heavy (non-hydrogen) atoms. The summed E-state index contributed by atoms with van der Waals surface area (Å²) in [5.74, 6) is -1.67. The number of rotatable bonds is 47. The molecule has 404 valence electrons. The van der Waals surface area contributed by atoms with Gasteiger partial charge in [-0.15, -0.1) is 0 Å². The molecule has 0 spiro atoms. The molecule has 0 aromatic rings. The Hall–Kier alpha value is -4.64. The molecular formula is C60H93O11P. The van der Waals surface area contributed by atoms with Crippen molar-refractivity contribution in [1.82, 2.24) is 0 Å². The molecule has 0 radical (unpaired) electrons. The Morgan fingerprint density at radius 2 is 0.722 bits per heavy atom. The van der Waals surface area contributed by atoms with Crippen LogP contribution in [0.2, 0.25) is 0 Å². The molecule has 0 fully saturated rings. The standard InChI is InChI=1S/C60H93O11P/c1-4-7-10-13-16-19-22-25-27-28-30-33-36-39-42-45-48-51-60(64)71-57(53-67-58(62)49-46-43-40-37-34-32-29-26-23-20-17-14-11-8-5-2)55-69-72(65,66)68-54-56(52-61)70-59(63)50-47-44-41-38-35-31-24-21-18-15-12-9-6-3/h7-12,16-21,25-27,29-31,33,35,39,41-42,44,56-57,61H,4-6,13-15,22-24,28,32,34,36-38,40,43,45-55H2,1-3H3,(H,65,66)/b10-7-,11-8-,12-9-,19-16-,20-17-,21-18-,27-25-,29-26-,33-30-,35-31-,42-39-,44-41-. The van der Waals surface area contributed by atoms with E-state index < -0.39 is 57.8 Å². The van der Waals surface area contributed by atoms with E-state index in [1.807, 2.05) is 30.4 Å². The normalized spacial score (nSPS) is 14.6. The highest BCUT2D eigenvalue weighted by Gasteiger charge is 2.28. The number of hydrogen-bond donors (Lipinski definition) is 2. The third-order valence-electron chi connectivity index (χ3n) is 10.3. The van der Waals surface area contributed by atoms with Crippen LogP contribution in [0.15, 0.2) is 146 Å². The maximum Gasteiger partial charge on any atom is 0.472 e. The average molecular weight is 1020 g/mol. The van der Waals surface area contributed by atoms with Gasteiger partial charge in [-0.25, -0.2) is 4.57 Å². The summed E-state index contributed by atoms with van der Waals surface area (Å²) >= 11 is 0. The Morgan fingerprint density at radius 1 is 0.389 bits per heavy atom. The topological polar surface area (TPSA) is 155 Å². The fraction of sp³-hybridized carbons (Fsp3) is 0.550. The number of carbonyl (C=O) groups excluding carboxylic acids is 3. The van der Waals surface area contributed by atoms with Crippen LogP contribution in [0.5, 0.6) is 0 Å². The molecule has 0 aliphatic rings. The summed E-state index contributed by atoms with van der Waals surface area (Å²) in [6.07, 6.45) is 67.0. The van der Waals surface area contributed by atoms with Crippen LogP contribution in [0.25, 0.3) is 0 Å². The lowest BCUT2D eigenvalue weighted by atomic mass is 10.1. The minimum Gasteiger partial charge on any atom is -0.462 e. The van der Waals surface area contributed by atoms with E-state index in [2.05, 4.69) is 136 Å². The first-order valence-corrected chi connectivity index (χ1v) is 28.2. The molecule has 11 nitrogen and oxygen atoms in total. The number of phosphoric acid groups is 1. The molecule has 0 aromatic heterocycles. The zero-order chi connectivity index (χ0) is 52.7. The van der Waals surface area contributed by atoms with Crippen molar-refractivity contribution in [3.63, 3.8) is 0 Å². The number of ether oxygens (including phenoxy) is 3. The van der Waals surface area contributed by atoms with Crippen molar-refractivity contribution < 1.29 is 52.2 Å². The molecule has 0 saturated heterocycles. The van der Waals surface area contributed by atoms with Crippen LogP contribution in [0.1, 0.15) is 175 Å². The molecule has 0 aromatic carbocycles. The lowest BCUT2D eigenvalue weighted by molar-refractivity contribution is -0.161. The second kappa shape index (κ2) is 52.7. The maximum atomic E-state index is 12.9. The lowest BCUT2D eigenvalue weighted by Crippen LogP contribution is -2.30. The van der Waals surface area contributed by atoms with E-state index in [1.54, 1.807) is 0 Å². The van der Waals surface area contributed by atoms with Crippen molar-refractivity contribution in [2.45, 2.75) is 187 Å². The van der Waals surface area contributed by atoms with Gasteiger partial charge in [0.25, 0.3) is 0 Å². The minimum absolute atomic E-state index is 0.0420. The van der Waals surface area contributed by atoms with Crippen LogP contribution < -0.4 is 0 Å². The molecule has 3 atom stereocenters. The van der Waals surface area contributed by atoms with E-state index in [0.717, 1.165) is 109 Å². The molecule has 0 amide bonds. The van der Waals surface area contributed by atoms with Crippen LogP contribution in [-0.2, 0) is 42.2 Å². The lowest BCUT2D eigenvalue weighted by Gasteiger charge is -2.21. The van der Waals surface area contributed by atoms with Crippen LogP contribution >= 0.6 is 7.82 Å². The average Bonchev–Trinajstić information content (AvgIpc) is 3.37. The first-order valence-electron chi connectivity index (χ1n) is 26.7. The summed E-state index contributed by atoms with van der Waals surface area (Å²) in [6.45, 7) is 4.09. The highest BCUT2D eigenvalue weighted by molar-refractivity contribution is 7.47. The first kappa shape index (κ1) is 67.4. The fourth-order valence-corrected chi connectivity index (χ4v) is 7.08. The Morgan fingerprint density at radius 3 is 1.17 bits per heavy atom. The number of unbranched alkanes of at least 4 members (excludes halogenated alkanes) is 6. The summed E-state index contributed by atoms with van der Waals surface area (Å²) in [5.41, 5.74) is 0. The van der Waals surface area contributed by atoms with Crippen molar-refractivity contribution in [2.24, 2.45) is 0 Å². The van der Waals surface area contributed by atoms with Gasteiger partial charge in [-0.2, -0.15) is 0 Å². The quantitative estimate of drug-likeness (QED) is 0.0197. The van der Waals surface area contributed by atoms with Gasteiger partial charge < -0.3 is 24.2 Å². The van der Waals surface area contributed by atoms with Crippen LogP contribution in [-0.4, -0.2) is 66.5 Å². The van der Waals surface area contributed by atoms with E-state index in [9.17, 15) is 28.9 Å². The smallest absolute Gasteiger partial charge is 0.462 e. The predicted molar refractivity (Wildman–Crippen MR) is 297 cm³/mol. The van der Waals surface area contributed by atoms with Gasteiger partial charge in [-0.1, -0.05) is 186 Å². The molecule has 0 aliphatic carbocycles. The number of hydrogen-bond acceptors (Lipinski definition) is 10. The Labute approximate surface area is 435 Å². The Balaban J connectivity index is 4.95. The first-order chi connectivity index (χ1) is 35.2. The van der Waals surface area contributed by atoms with Crippen LogP contribution in [0.3, 0.4) is 0 Å². The highest BCUT2D eigenvalue weighted by Crippen LogP contribution is 2.43. The van der Waals surface area contributed by atoms with E-state index in [1.165, 1.54) is 0 Å². The zero-order valence-corrected chi connectivity index (χ0v) is 45.2. The molecule has 0 heterocycles. The number of carbonyl (C=O) groups is 3. The number of aliphatic hydroxyl groups is 1. The summed E-state index contributed by atoms with van der Waals surface area (Å²) in [5, 5.41) is 9.77. The summed E-state index contributed by atoms with van der Waals surface area (Å²) in [6, 6.07) is 0. The number of esters is 3. The van der Waals surface area contributed by atoms with Gasteiger partial charge in [-0.05, 0) is 116 Å². The Bertz CT molecular complexity index is 1760. The van der Waals surface area contributed by atoms with Crippen LogP contribution in [0.4, 0.5) is 0 Å². The zero-order valence-electron chi connectivity index (χ0n) is 44.3. The summed E-state index contributed by atoms with van der Waals surface area (Å²) in [4.78, 5) is 48.4. The molecule has 0 bridgehead atoms. The van der Waals surface area contributed by atoms with Gasteiger partial charge >= 0.3 is 25.7 Å². The molecular weight excluding hydrogens is 928 g/mol. The van der Waals surface area contributed by atoms with Crippen molar-refractivity contribution in [3.8, 4) is 0 Å². The second-order valence-electron chi connectivity index (χ2n) is 16.9. The monoisotopic (exact) mass is 1020 g/mol. The van der Waals surface area contributed by atoms with Crippen LogP contribution in [0, 0.1) is 0 Å². The third-order valence-corrected chi connectivity index (χ3v) is 11.2. The number of allylic oxidation sites excluding steroid dienone is 24. The third kappa shape index (κ3) is 50.3. The van der Waals surface area contributed by atoms with Gasteiger partial charge in [0, 0.05) is 19.3 Å². The van der Waals surface area contributed by atoms with Crippen molar-refractivity contribution in [3.05, 3.63) is 146 Å². The molecule has 2 N–H and O–H groups in total. The summed E-state index contributed by atoms with van der Waals surface area (Å²) in [7, 11) is -4.79. The predicted octanol–water partition coefficient (Wildman–Crippen LogP) is 15.6. The molecule has 0 aliphatic heterocycles. The molecule has 12 heteroatoms. The highest BCUT2D eigenvalue weighted by atomic mass is 31.2. The number of aliphatic hydroxyl groups excluding tert-OH is 1. The summed E-state index contributed by atoms with van der Waals surface area (Å²) < 4.78 is 39.2. The van der Waals surface area contributed by atoms with E-state index >= 15 is 0 Å². The van der Waals surface area contributed by atoms with Gasteiger partial charge in [0.2, 0.25) is 0 Å². The molecule has 3 unspecified atom stereocenters. The molecule has 0 saturated carbocycles. The largest absolute Gasteiger partial charge is 0.472 e. The van der Waals surface area contributed by atoms with E-state index in [0.29, 0.717) is 25.7 Å². The van der Waals surface area contributed by atoms with E-state index in [-0.39, 0.29) is 25.9 Å². The van der Waals surface area contributed by atoms with Gasteiger partial charge in [0.15, 0.2) is 6.10 Å². The van der Waals surface area contributed by atoms with Crippen molar-refractivity contribution in [1.29, 1.82) is 0 Å². The maximum absolute atomic E-state index is 12.9. The minimum atomic E-state index is -4.79. The van der Waals surface area contributed by atoms with Crippen molar-refractivity contribution in [2.75, 3.05) is 26.4 Å². The number of phosphoric ester groups is 1. The molecule has 0 rings (SSSR count).